The molecule has 0 saturated carbocycles. The Bertz CT molecular complexity index is 266. The first-order chi connectivity index (χ1) is 6.62. The number of allylic oxidation sites excluding steroid dienone is 1. The lowest BCUT2D eigenvalue weighted by Crippen LogP contribution is -2.44. The van der Waals surface area contributed by atoms with E-state index in [4.69, 9.17) is 4.74 Å². The van der Waals surface area contributed by atoms with Crippen molar-refractivity contribution in [3.05, 3.63) is 11.6 Å². The highest BCUT2D eigenvalue weighted by Gasteiger charge is 2.44. The van der Waals surface area contributed by atoms with E-state index in [-0.39, 0.29) is 0 Å². The lowest BCUT2D eigenvalue weighted by atomic mass is 9.96. The van der Waals surface area contributed by atoms with E-state index in [1.807, 2.05) is 0 Å². The summed E-state index contributed by atoms with van der Waals surface area (Å²) < 4.78 is 3.26. The molecule has 0 amide bonds. The van der Waals surface area contributed by atoms with Crippen molar-refractivity contribution in [2.75, 3.05) is 5.33 Å². The van der Waals surface area contributed by atoms with Gasteiger partial charge in [0.25, 0.3) is 4.70 Å². The summed E-state index contributed by atoms with van der Waals surface area (Å²) in [4.78, 5) is 11.3. The fourth-order valence-electron chi connectivity index (χ4n) is 0.619. The number of rotatable bonds is 4. The minimum Gasteiger partial charge on any atom is -0.419 e. The van der Waals surface area contributed by atoms with E-state index < -0.39 is 16.1 Å². The standard InChI is InChI=1S/C10H16Br2O3/c1-7(2)5-8(13)15-10(12,14)9(3,4)6-11/h5,14H,6H2,1-4H3. The zero-order valence-corrected chi connectivity index (χ0v) is 12.5. The predicted molar refractivity (Wildman–Crippen MR) is 67.0 cm³/mol. The van der Waals surface area contributed by atoms with Crippen LogP contribution in [0.25, 0.3) is 0 Å². The van der Waals surface area contributed by atoms with Crippen LogP contribution < -0.4 is 0 Å². The van der Waals surface area contributed by atoms with E-state index in [2.05, 4.69) is 31.9 Å². The molecule has 1 unspecified atom stereocenters. The molecular formula is C10H16Br2O3. The Morgan fingerprint density at radius 2 is 1.93 bits per heavy atom. The SMILES string of the molecule is CC(C)=CC(=O)OC(O)(Br)C(C)(C)CBr. The second kappa shape index (κ2) is 5.46. The highest BCUT2D eigenvalue weighted by atomic mass is 79.9. The molecule has 0 aliphatic rings. The number of hydrogen-bond acceptors (Lipinski definition) is 3. The quantitative estimate of drug-likeness (QED) is 0.369. The lowest BCUT2D eigenvalue weighted by Gasteiger charge is -2.35. The van der Waals surface area contributed by atoms with Crippen molar-refractivity contribution >= 4 is 37.8 Å². The maximum atomic E-state index is 11.3. The summed E-state index contributed by atoms with van der Waals surface area (Å²) in [7, 11) is 0. The Morgan fingerprint density at radius 3 is 2.27 bits per heavy atom. The molecule has 0 aromatic heterocycles. The van der Waals surface area contributed by atoms with Crippen molar-refractivity contribution in [2.45, 2.75) is 32.4 Å². The highest BCUT2D eigenvalue weighted by molar-refractivity contribution is 9.10. The molecule has 0 saturated heterocycles. The fraction of sp³-hybridized carbons (Fsp3) is 0.700. The molecule has 5 heteroatoms. The van der Waals surface area contributed by atoms with Crippen molar-refractivity contribution in [2.24, 2.45) is 5.41 Å². The zero-order valence-electron chi connectivity index (χ0n) is 9.30. The number of ether oxygens (including phenoxy) is 1. The van der Waals surface area contributed by atoms with Crippen LogP contribution in [-0.4, -0.2) is 21.1 Å². The van der Waals surface area contributed by atoms with Gasteiger partial charge < -0.3 is 9.84 Å². The predicted octanol–water partition coefficient (Wildman–Crippen LogP) is 2.96. The summed E-state index contributed by atoms with van der Waals surface area (Å²) in [6.07, 6.45) is 1.33. The van der Waals surface area contributed by atoms with Crippen LogP contribution in [0, 0.1) is 5.41 Å². The van der Waals surface area contributed by atoms with Crippen LogP contribution >= 0.6 is 31.9 Å². The third-order valence-electron chi connectivity index (χ3n) is 1.81. The van der Waals surface area contributed by atoms with Crippen LogP contribution in [0.2, 0.25) is 0 Å². The highest BCUT2D eigenvalue weighted by Crippen LogP contribution is 2.38. The Kier molecular flexibility index (Phi) is 5.50. The minimum absolute atomic E-state index is 0.490. The molecular weight excluding hydrogens is 328 g/mol. The Labute approximate surface area is 107 Å². The number of alkyl halides is 2. The molecule has 0 aliphatic carbocycles. The topological polar surface area (TPSA) is 46.5 Å². The van der Waals surface area contributed by atoms with Gasteiger partial charge in [-0.05, 0) is 29.8 Å². The molecule has 1 atom stereocenters. The molecule has 0 radical (unpaired) electrons. The summed E-state index contributed by atoms with van der Waals surface area (Å²) >= 11 is 6.26. The molecule has 0 heterocycles. The number of hydrogen-bond donors (Lipinski definition) is 1. The molecule has 15 heavy (non-hydrogen) atoms. The molecule has 3 nitrogen and oxygen atoms in total. The maximum Gasteiger partial charge on any atom is 0.333 e. The van der Waals surface area contributed by atoms with Gasteiger partial charge in [0.2, 0.25) is 0 Å². The normalized spacial score (nSPS) is 15.4. The van der Waals surface area contributed by atoms with Crippen LogP contribution in [0.4, 0.5) is 0 Å². The Hall–Kier alpha value is 0.130. The van der Waals surface area contributed by atoms with E-state index in [1.165, 1.54) is 6.08 Å². The Balaban J connectivity index is 4.65. The first-order valence-electron chi connectivity index (χ1n) is 4.47. The first-order valence-corrected chi connectivity index (χ1v) is 6.39. The van der Waals surface area contributed by atoms with Crippen LogP contribution in [0.15, 0.2) is 11.6 Å². The average Bonchev–Trinajstić information content (AvgIpc) is 2.00. The summed E-state index contributed by atoms with van der Waals surface area (Å²) in [6.45, 7) is 7.10. The minimum atomic E-state index is -1.67. The lowest BCUT2D eigenvalue weighted by molar-refractivity contribution is -0.192. The van der Waals surface area contributed by atoms with Crippen LogP contribution in [0.1, 0.15) is 27.7 Å². The number of aliphatic hydroxyl groups is 1. The Morgan fingerprint density at radius 1 is 1.47 bits per heavy atom. The van der Waals surface area contributed by atoms with Gasteiger partial charge in [0.05, 0.1) is 5.41 Å². The molecule has 1 N–H and O–H groups in total. The first kappa shape index (κ1) is 15.1. The van der Waals surface area contributed by atoms with Crippen LogP contribution in [0.5, 0.6) is 0 Å². The zero-order chi connectivity index (χ0) is 12.3. The van der Waals surface area contributed by atoms with Crippen molar-refractivity contribution < 1.29 is 14.6 Å². The van der Waals surface area contributed by atoms with Crippen molar-refractivity contribution in [3.63, 3.8) is 0 Å². The van der Waals surface area contributed by atoms with Crippen molar-refractivity contribution in [3.8, 4) is 0 Å². The summed E-state index contributed by atoms with van der Waals surface area (Å²) in [5, 5.41) is 10.4. The van der Waals surface area contributed by atoms with Gasteiger partial charge in [0.15, 0.2) is 0 Å². The van der Waals surface area contributed by atoms with Crippen LogP contribution in [0.3, 0.4) is 0 Å². The third kappa shape index (κ3) is 4.66. The van der Waals surface area contributed by atoms with E-state index in [0.29, 0.717) is 5.33 Å². The van der Waals surface area contributed by atoms with Gasteiger partial charge in [-0.15, -0.1) is 0 Å². The van der Waals surface area contributed by atoms with Gasteiger partial charge in [-0.3, -0.25) is 0 Å². The maximum absolute atomic E-state index is 11.3. The number of halogens is 2. The van der Waals surface area contributed by atoms with E-state index in [9.17, 15) is 9.90 Å². The molecule has 0 aliphatic heterocycles. The largest absolute Gasteiger partial charge is 0.419 e. The second-order valence-corrected chi connectivity index (χ2v) is 5.86. The fourth-order valence-corrected chi connectivity index (χ4v) is 1.68. The molecule has 0 spiro atoms. The monoisotopic (exact) mass is 342 g/mol. The van der Waals surface area contributed by atoms with Crippen molar-refractivity contribution in [1.29, 1.82) is 0 Å². The van der Waals surface area contributed by atoms with Gasteiger partial charge in [-0.2, -0.15) is 0 Å². The smallest absolute Gasteiger partial charge is 0.333 e. The van der Waals surface area contributed by atoms with Gasteiger partial charge in [0, 0.05) is 11.4 Å². The van der Waals surface area contributed by atoms with Gasteiger partial charge in [-0.1, -0.05) is 35.4 Å². The van der Waals surface area contributed by atoms with Crippen molar-refractivity contribution in [1.82, 2.24) is 0 Å². The van der Waals surface area contributed by atoms with Gasteiger partial charge in [-0.25, -0.2) is 4.79 Å². The summed E-state index contributed by atoms with van der Waals surface area (Å²) in [5.41, 5.74) is 0.193. The molecule has 0 rings (SSSR count). The molecule has 88 valence electrons. The van der Waals surface area contributed by atoms with Crippen LogP contribution in [-0.2, 0) is 9.53 Å². The molecule has 0 aromatic rings. The van der Waals surface area contributed by atoms with E-state index >= 15 is 0 Å². The molecule has 0 aromatic carbocycles. The number of esters is 1. The average molecular weight is 344 g/mol. The number of carbonyl (C=O) groups excluding carboxylic acids is 1. The van der Waals surface area contributed by atoms with Gasteiger partial charge >= 0.3 is 5.97 Å². The molecule has 0 bridgehead atoms. The third-order valence-corrected chi connectivity index (χ3v) is 4.45. The summed E-state index contributed by atoms with van der Waals surface area (Å²) in [6, 6.07) is 0. The van der Waals surface area contributed by atoms with E-state index in [1.54, 1.807) is 27.7 Å². The van der Waals surface area contributed by atoms with Gasteiger partial charge in [0.1, 0.15) is 0 Å². The summed E-state index contributed by atoms with van der Waals surface area (Å²) in [5.74, 6) is -0.566. The second-order valence-electron chi connectivity index (χ2n) is 4.22. The molecule has 0 fully saturated rings. The number of carbonyl (C=O) groups is 1. The van der Waals surface area contributed by atoms with E-state index in [0.717, 1.165) is 5.57 Å².